The fraction of sp³-hybridized carbons (Fsp3) is 0.200. The normalized spacial score (nSPS) is 29.7. The van der Waals surface area contributed by atoms with Gasteiger partial charge < -0.3 is 10.4 Å². The number of nitrogens with one attached hydrogen (secondary N) is 1. The van der Waals surface area contributed by atoms with Crippen LogP contribution in [0.4, 0.5) is 0 Å². The molecule has 1 aliphatic rings. The number of nitrogens with zero attached hydrogens (tertiary/aromatic N) is 1. The number of aliphatic imine (C=N–C) groups is 1. The summed E-state index contributed by atoms with van der Waals surface area (Å²) < 4.78 is 0. The molecule has 4 nitrogen and oxygen atoms in total. The Hall–Kier alpha value is -0.970. The molecule has 54 valence electrons. The Labute approximate surface area is 63.1 Å². The van der Waals surface area contributed by atoms with Crippen molar-refractivity contribution in [2.24, 2.45) is 4.99 Å². The molecule has 0 fully saturated rings. The molecule has 1 rings (SSSR count). The zero-order chi connectivity index (χ0) is 7.61. The van der Waals surface area contributed by atoms with Crippen molar-refractivity contribution >= 4 is 24.8 Å². The average Bonchev–Trinajstić information content (AvgIpc) is 1.89. The first-order valence-corrected chi connectivity index (χ1v) is 3.04. The molecule has 0 saturated carbocycles. The summed E-state index contributed by atoms with van der Waals surface area (Å²) in [7, 11) is 0. The van der Waals surface area contributed by atoms with Crippen molar-refractivity contribution in [2.75, 3.05) is 0 Å². The van der Waals surface area contributed by atoms with E-state index in [1.54, 1.807) is 6.08 Å². The number of rotatable bonds is 1. The van der Waals surface area contributed by atoms with E-state index in [0.717, 1.165) is 0 Å². The van der Waals surface area contributed by atoms with Crippen LogP contribution in [0.1, 0.15) is 0 Å². The summed E-state index contributed by atoms with van der Waals surface area (Å²) in [5.74, 6) is -1.11. The van der Waals surface area contributed by atoms with Crippen LogP contribution in [0.2, 0.25) is 0 Å². The number of hydrogen-bond donors (Lipinski definition) is 3. The molecule has 1 aliphatic heterocycles. The van der Waals surface area contributed by atoms with Gasteiger partial charge in [0.05, 0.1) is 0 Å². The molecule has 0 spiro atoms. The van der Waals surface area contributed by atoms with Gasteiger partial charge in [0.25, 0.3) is 4.99 Å². The highest BCUT2D eigenvalue weighted by Gasteiger charge is 2.32. The van der Waals surface area contributed by atoms with Gasteiger partial charge >= 0.3 is 5.97 Å². The van der Waals surface area contributed by atoms with Crippen LogP contribution in [0.25, 0.3) is 0 Å². The molecule has 0 bridgehead atoms. The second-order valence-corrected chi connectivity index (χ2v) is 2.41. The van der Waals surface area contributed by atoms with Gasteiger partial charge in [-0.05, 0) is 6.08 Å². The topological polar surface area (TPSA) is 61.7 Å². The van der Waals surface area contributed by atoms with Crippen molar-refractivity contribution in [3.63, 3.8) is 0 Å². The molecule has 0 aromatic heterocycles. The molecule has 2 N–H and O–H groups in total. The van der Waals surface area contributed by atoms with E-state index >= 15 is 0 Å². The maximum atomic E-state index is 10.4. The lowest BCUT2D eigenvalue weighted by Gasteiger charge is -2.20. The van der Waals surface area contributed by atoms with E-state index in [4.69, 9.17) is 5.11 Å². The van der Waals surface area contributed by atoms with Gasteiger partial charge in [0.15, 0.2) is 0 Å². The van der Waals surface area contributed by atoms with Crippen molar-refractivity contribution in [1.82, 2.24) is 5.32 Å². The number of carbonyl (C=O) groups is 1. The minimum Gasteiger partial charge on any atom is -0.477 e. The summed E-state index contributed by atoms with van der Waals surface area (Å²) >= 11 is 3.78. The monoisotopic (exact) mass is 158 g/mol. The highest BCUT2D eigenvalue weighted by molar-refractivity contribution is 7.82. The molecule has 0 amide bonds. The van der Waals surface area contributed by atoms with E-state index in [1.165, 1.54) is 12.4 Å². The van der Waals surface area contributed by atoms with Crippen molar-refractivity contribution in [2.45, 2.75) is 4.99 Å². The van der Waals surface area contributed by atoms with Crippen LogP contribution < -0.4 is 5.32 Å². The van der Waals surface area contributed by atoms with Gasteiger partial charge in [-0.2, -0.15) is 0 Å². The molecule has 1 unspecified atom stereocenters. The van der Waals surface area contributed by atoms with E-state index in [2.05, 4.69) is 22.9 Å². The number of aliphatic carboxylic acids is 1. The molecule has 1 atom stereocenters. The molecule has 0 radical (unpaired) electrons. The van der Waals surface area contributed by atoms with Gasteiger partial charge in [-0.3, -0.25) is 0 Å². The van der Waals surface area contributed by atoms with Crippen molar-refractivity contribution in [1.29, 1.82) is 0 Å². The lowest BCUT2D eigenvalue weighted by molar-refractivity contribution is -0.140. The lowest BCUT2D eigenvalue weighted by atomic mass is 10.4. The summed E-state index contributed by atoms with van der Waals surface area (Å²) in [6.45, 7) is 0. The van der Waals surface area contributed by atoms with Gasteiger partial charge in [0.1, 0.15) is 0 Å². The maximum absolute atomic E-state index is 10.4. The molecule has 0 aromatic carbocycles. The number of hydrogen-bond acceptors (Lipinski definition) is 4. The summed E-state index contributed by atoms with van der Waals surface area (Å²) in [6, 6.07) is 0. The van der Waals surface area contributed by atoms with Crippen LogP contribution in [0.3, 0.4) is 0 Å². The quantitative estimate of drug-likeness (QED) is 0.465. The average molecular weight is 158 g/mol. The summed E-state index contributed by atoms with van der Waals surface area (Å²) in [4.78, 5) is 12.5. The summed E-state index contributed by atoms with van der Waals surface area (Å²) in [6.07, 6.45) is 4.46. The van der Waals surface area contributed by atoms with Crippen LogP contribution in [-0.4, -0.2) is 22.3 Å². The Morgan fingerprint density at radius 3 is 2.80 bits per heavy atom. The van der Waals surface area contributed by atoms with Crippen LogP contribution >= 0.6 is 12.6 Å². The van der Waals surface area contributed by atoms with Crippen molar-refractivity contribution in [3.05, 3.63) is 12.3 Å². The van der Waals surface area contributed by atoms with Gasteiger partial charge in [-0.25, -0.2) is 9.79 Å². The molecule has 10 heavy (non-hydrogen) atoms. The zero-order valence-corrected chi connectivity index (χ0v) is 5.88. The van der Waals surface area contributed by atoms with Gasteiger partial charge in [-0.1, -0.05) is 0 Å². The highest BCUT2D eigenvalue weighted by Crippen LogP contribution is 2.13. The van der Waals surface area contributed by atoms with Crippen molar-refractivity contribution in [3.8, 4) is 0 Å². The fourth-order valence-electron chi connectivity index (χ4n) is 0.512. The Morgan fingerprint density at radius 2 is 2.50 bits per heavy atom. The largest absolute Gasteiger partial charge is 0.477 e. The van der Waals surface area contributed by atoms with Crippen LogP contribution in [0.5, 0.6) is 0 Å². The second-order valence-electron chi connectivity index (χ2n) is 1.76. The first-order valence-electron chi connectivity index (χ1n) is 2.59. The lowest BCUT2D eigenvalue weighted by Crippen LogP contribution is -2.43. The Morgan fingerprint density at radius 1 is 1.80 bits per heavy atom. The Bertz CT molecular complexity index is 214. The Balaban J connectivity index is 2.80. The molecular weight excluding hydrogens is 152 g/mol. The fourth-order valence-corrected chi connectivity index (χ4v) is 0.654. The number of carboxylic acid groups (broad SMARTS) is 1. The van der Waals surface area contributed by atoms with Gasteiger partial charge in [0, 0.05) is 12.4 Å². The van der Waals surface area contributed by atoms with E-state index < -0.39 is 11.0 Å². The smallest absolute Gasteiger partial charge is 0.363 e. The third kappa shape index (κ3) is 1.13. The Kier molecular flexibility index (Phi) is 1.67. The second kappa shape index (κ2) is 2.34. The number of allylic oxidation sites excluding steroid dienone is 1. The van der Waals surface area contributed by atoms with Crippen LogP contribution in [-0.2, 0) is 4.79 Å². The maximum Gasteiger partial charge on any atom is 0.363 e. The first kappa shape index (κ1) is 7.14. The van der Waals surface area contributed by atoms with Gasteiger partial charge in [-0.15, -0.1) is 12.6 Å². The highest BCUT2D eigenvalue weighted by atomic mass is 32.1. The molecule has 0 aliphatic carbocycles. The third-order valence-electron chi connectivity index (χ3n) is 1.03. The molecule has 1 heterocycles. The molecule has 0 saturated heterocycles. The molecule has 5 heteroatoms. The summed E-state index contributed by atoms with van der Waals surface area (Å²) in [5.41, 5.74) is 0. The first-order chi connectivity index (χ1) is 4.65. The van der Waals surface area contributed by atoms with E-state index in [1.807, 2.05) is 0 Å². The predicted octanol–water partition coefficient (Wildman–Crippen LogP) is -0.158. The number of thiol groups is 1. The van der Waals surface area contributed by atoms with E-state index in [9.17, 15) is 4.79 Å². The summed E-state index contributed by atoms with van der Waals surface area (Å²) in [5, 5.41) is 11.0. The minimum absolute atomic E-state index is 1.11. The molecular formula is C5H6N2O2S. The van der Waals surface area contributed by atoms with Crippen LogP contribution in [0, 0.1) is 0 Å². The van der Waals surface area contributed by atoms with E-state index in [0.29, 0.717) is 0 Å². The zero-order valence-electron chi connectivity index (χ0n) is 4.98. The van der Waals surface area contributed by atoms with Gasteiger partial charge in [0.2, 0.25) is 0 Å². The predicted molar refractivity (Wildman–Crippen MR) is 40.1 cm³/mol. The van der Waals surface area contributed by atoms with Crippen molar-refractivity contribution < 1.29 is 9.90 Å². The molecule has 0 aromatic rings. The third-order valence-corrected chi connectivity index (χ3v) is 1.46. The van der Waals surface area contributed by atoms with Crippen LogP contribution in [0.15, 0.2) is 17.3 Å². The number of carboxylic acids is 1. The standard InChI is InChI=1S/C5H6N2O2S/c8-4(9)5(10)6-2-1-3-7-5/h1-3,6,10H,(H,8,9). The van der Waals surface area contributed by atoms with E-state index in [-0.39, 0.29) is 0 Å². The minimum atomic E-state index is -1.48. The SMILES string of the molecule is O=C(O)C1(S)N=CC=CN1.